The molecule has 1 aromatic heterocycles. The van der Waals surface area contributed by atoms with E-state index in [0.717, 1.165) is 5.56 Å². The Morgan fingerprint density at radius 3 is 2.72 bits per heavy atom. The number of nitrogens with zero attached hydrogens (tertiary/aromatic N) is 2. The Hall–Kier alpha value is -1.65. The predicted octanol–water partition coefficient (Wildman–Crippen LogP) is 3.03. The van der Waals surface area contributed by atoms with E-state index in [9.17, 15) is 0 Å². The Morgan fingerprint density at radius 1 is 1.33 bits per heavy atom. The van der Waals surface area contributed by atoms with Gasteiger partial charge >= 0.3 is 6.01 Å². The van der Waals surface area contributed by atoms with Gasteiger partial charge in [0.25, 0.3) is 0 Å². The van der Waals surface area contributed by atoms with E-state index in [1.165, 1.54) is 0 Å². The van der Waals surface area contributed by atoms with Crippen molar-refractivity contribution in [3.63, 3.8) is 0 Å². The van der Waals surface area contributed by atoms with Crippen LogP contribution in [-0.4, -0.2) is 15.1 Å². The molecule has 2 aromatic rings. The van der Waals surface area contributed by atoms with Gasteiger partial charge in [-0.3, -0.25) is 0 Å². The van der Waals surface area contributed by atoms with Crippen molar-refractivity contribution in [3.8, 4) is 11.8 Å². The average Bonchev–Trinajstić information content (AvgIpc) is 2.33. The number of aliphatic hydroxyl groups excluding tert-OH is 1. The monoisotopic (exact) mass is 264 g/mol. The molecule has 18 heavy (non-hydrogen) atoms. The van der Waals surface area contributed by atoms with Crippen LogP contribution in [0, 0.1) is 13.8 Å². The second-order valence-electron chi connectivity index (χ2n) is 3.96. The second kappa shape index (κ2) is 5.33. The smallest absolute Gasteiger partial charge is 0.322 e. The molecule has 0 radical (unpaired) electrons. The van der Waals surface area contributed by atoms with Gasteiger partial charge in [-0.1, -0.05) is 17.7 Å². The first kappa shape index (κ1) is 12.8. The number of hydrogen-bond acceptors (Lipinski definition) is 4. The molecule has 4 nitrogen and oxygen atoms in total. The Balaban J connectivity index is 2.26. The largest absolute Gasteiger partial charge is 0.423 e. The molecular formula is C13H13ClN2O2. The summed E-state index contributed by atoms with van der Waals surface area (Å²) >= 11 is 6.06. The molecule has 0 aliphatic rings. The van der Waals surface area contributed by atoms with Crippen molar-refractivity contribution in [2.45, 2.75) is 20.5 Å². The van der Waals surface area contributed by atoms with Crippen molar-refractivity contribution in [1.82, 2.24) is 9.97 Å². The Kier molecular flexibility index (Phi) is 3.79. The maximum atomic E-state index is 9.03. The van der Waals surface area contributed by atoms with Gasteiger partial charge in [-0.25, -0.2) is 4.98 Å². The maximum absolute atomic E-state index is 9.03. The van der Waals surface area contributed by atoms with E-state index in [4.69, 9.17) is 21.4 Å². The van der Waals surface area contributed by atoms with E-state index >= 15 is 0 Å². The molecule has 0 aliphatic carbocycles. The van der Waals surface area contributed by atoms with Gasteiger partial charge in [-0.05, 0) is 31.5 Å². The van der Waals surface area contributed by atoms with Gasteiger partial charge < -0.3 is 9.84 Å². The number of ether oxygens (including phenoxy) is 1. The molecule has 0 saturated carbocycles. The van der Waals surface area contributed by atoms with Crippen LogP contribution in [0.25, 0.3) is 0 Å². The molecule has 0 atom stereocenters. The Bertz CT molecular complexity index is 573. The zero-order chi connectivity index (χ0) is 13.1. The van der Waals surface area contributed by atoms with Crippen LogP contribution >= 0.6 is 11.6 Å². The summed E-state index contributed by atoms with van der Waals surface area (Å²) in [6.45, 7) is 3.65. The van der Waals surface area contributed by atoms with Crippen molar-refractivity contribution >= 4 is 11.6 Å². The molecule has 0 unspecified atom stereocenters. The molecule has 0 fully saturated rings. The number of aromatic nitrogens is 2. The van der Waals surface area contributed by atoms with Crippen LogP contribution < -0.4 is 4.74 Å². The molecular weight excluding hydrogens is 252 g/mol. The molecule has 0 bridgehead atoms. The van der Waals surface area contributed by atoms with Crippen LogP contribution in [-0.2, 0) is 6.61 Å². The first-order valence-corrected chi connectivity index (χ1v) is 5.85. The molecule has 1 aromatic carbocycles. The molecule has 0 saturated heterocycles. The fourth-order valence-electron chi connectivity index (χ4n) is 1.46. The third-order valence-electron chi connectivity index (χ3n) is 2.52. The van der Waals surface area contributed by atoms with Gasteiger partial charge in [0.1, 0.15) is 5.75 Å². The molecule has 5 heteroatoms. The quantitative estimate of drug-likeness (QED) is 0.926. The van der Waals surface area contributed by atoms with E-state index in [2.05, 4.69) is 9.97 Å². The van der Waals surface area contributed by atoms with Crippen LogP contribution in [0.4, 0.5) is 0 Å². The van der Waals surface area contributed by atoms with Crippen molar-refractivity contribution in [2.75, 3.05) is 0 Å². The summed E-state index contributed by atoms with van der Waals surface area (Å²) < 4.78 is 5.51. The second-order valence-corrected chi connectivity index (χ2v) is 4.36. The van der Waals surface area contributed by atoms with Crippen LogP contribution in [0.5, 0.6) is 11.8 Å². The molecule has 0 spiro atoms. The molecule has 0 amide bonds. The summed E-state index contributed by atoms with van der Waals surface area (Å²) in [6, 6.07) is 5.70. The SMILES string of the molecule is Cc1ccc(Oc2ncc(CO)c(C)n2)c(Cl)c1. The van der Waals surface area contributed by atoms with Gasteiger partial charge in [0.2, 0.25) is 0 Å². The van der Waals surface area contributed by atoms with E-state index < -0.39 is 0 Å². The number of aliphatic hydroxyl groups is 1. The van der Waals surface area contributed by atoms with Gasteiger partial charge in [0.05, 0.1) is 17.3 Å². The maximum Gasteiger partial charge on any atom is 0.322 e. The van der Waals surface area contributed by atoms with Crippen LogP contribution in [0.15, 0.2) is 24.4 Å². The third-order valence-corrected chi connectivity index (χ3v) is 2.81. The van der Waals surface area contributed by atoms with Crippen LogP contribution in [0.1, 0.15) is 16.8 Å². The fourth-order valence-corrected chi connectivity index (χ4v) is 1.74. The van der Waals surface area contributed by atoms with E-state index in [0.29, 0.717) is 22.0 Å². The highest BCUT2D eigenvalue weighted by Crippen LogP contribution is 2.28. The van der Waals surface area contributed by atoms with Crippen LogP contribution in [0.2, 0.25) is 5.02 Å². The molecule has 1 heterocycles. The van der Waals surface area contributed by atoms with Crippen molar-refractivity contribution < 1.29 is 9.84 Å². The van der Waals surface area contributed by atoms with E-state index in [-0.39, 0.29) is 12.6 Å². The first-order chi connectivity index (χ1) is 8.60. The standard InChI is InChI=1S/C13H13ClN2O2/c1-8-3-4-12(11(14)5-8)18-13-15-6-10(7-17)9(2)16-13/h3-6,17H,7H2,1-2H3. The highest BCUT2D eigenvalue weighted by atomic mass is 35.5. The lowest BCUT2D eigenvalue weighted by atomic mass is 10.2. The molecule has 2 rings (SSSR count). The lowest BCUT2D eigenvalue weighted by Gasteiger charge is -2.08. The highest BCUT2D eigenvalue weighted by molar-refractivity contribution is 6.32. The highest BCUT2D eigenvalue weighted by Gasteiger charge is 2.07. The third kappa shape index (κ3) is 2.78. The van der Waals surface area contributed by atoms with Crippen molar-refractivity contribution in [3.05, 3.63) is 46.2 Å². The minimum atomic E-state index is -0.0859. The minimum absolute atomic E-state index is 0.0859. The van der Waals surface area contributed by atoms with Gasteiger partial charge in [0.15, 0.2) is 0 Å². The number of rotatable bonds is 3. The number of benzene rings is 1. The van der Waals surface area contributed by atoms with Crippen LogP contribution in [0.3, 0.4) is 0 Å². The number of hydrogen-bond donors (Lipinski definition) is 1. The summed E-state index contributed by atoms with van der Waals surface area (Å²) in [7, 11) is 0. The van der Waals surface area contributed by atoms with E-state index in [1.54, 1.807) is 19.2 Å². The summed E-state index contributed by atoms with van der Waals surface area (Å²) in [6.07, 6.45) is 1.54. The summed E-state index contributed by atoms with van der Waals surface area (Å²) in [5.74, 6) is 0.512. The average molecular weight is 265 g/mol. The topological polar surface area (TPSA) is 55.2 Å². The number of halogens is 1. The van der Waals surface area contributed by atoms with Crippen molar-refractivity contribution in [1.29, 1.82) is 0 Å². The van der Waals surface area contributed by atoms with Gasteiger partial charge in [-0.2, -0.15) is 4.98 Å². The normalized spacial score (nSPS) is 10.4. The lowest BCUT2D eigenvalue weighted by Crippen LogP contribution is -1.98. The summed E-state index contributed by atoms with van der Waals surface area (Å²) in [5, 5.41) is 9.55. The Morgan fingerprint density at radius 2 is 2.11 bits per heavy atom. The fraction of sp³-hybridized carbons (Fsp3) is 0.231. The molecule has 1 N–H and O–H groups in total. The summed E-state index contributed by atoms with van der Waals surface area (Å²) in [5.41, 5.74) is 2.42. The van der Waals surface area contributed by atoms with E-state index in [1.807, 2.05) is 19.1 Å². The number of aryl methyl sites for hydroxylation is 2. The van der Waals surface area contributed by atoms with Crippen molar-refractivity contribution in [2.24, 2.45) is 0 Å². The summed E-state index contributed by atoms with van der Waals surface area (Å²) in [4.78, 5) is 8.17. The predicted molar refractivity (Wildman–Crippen MR) is 69.0 cm³/mol. The first-order valence-electron chi connectivity index (χ1n) is 5.47. The zero-order valence-electron chi connectivity index (χ0n) is 10.1. The lowest BCUT2D eigenvalue weighted by molar-refractivity contribution is 0.279. The molecule has 94 valence electrons. The van der Waals surface area contributed by atoms with Gasteiger partial charge in [-0.15, -0.1) is 0 Å². The Labute approximate surface area is 110 Å². The minimum Gasteiger partial charge on any atom is -0.423 e. The zero-order valence-corrected chi connectivity index (χ0v) is 10.9. The van der Waals surface area contributed by atoms with Gasteiger partial charge in [0, 0.05) is 11.8 Å². The molecule has 0 aliphatic heterocycles.